The number of hydrogen-bond acceptors (Lipinski definition) is 5. The van der Waals surface area contributed by atoms with Crippen LogP contribution in [-0.4, -0.2) is 51.6 Å². The van der Waals surface area contributed by atoms with Crippen molar-refractivity contribution in [2.45, 2.75) is 45.3 Å². The summed E-state index contributed by atoms with van der Waals surface area (Å²) < 4.78 is 12.7. The molecule has 0 aliphatic carbocycles. The molecule has 1 aliphatic rings. The van der Waals surface area contributed by atoms with Gasteiger partial charge in [0.05, 0.1) is 5.52 Å². The van der Waals surface area contributed by atoms with Gasteiger partial charge in [-0.15, -0.1) is 0 Å². The third kappa shape index (κ3) is 4.13. The zero-order valence-electron chi connectivity index (χ0n) is 15.4. The second-order valence-corrected chi connectivity index (χ2v) is 7.56. The van der Waals surface area contributed by atoms with Gasteiger partial charge in [-0.05, 0) is 45.7 Å². The van der Waals surface area contributed by atoms with E-state index in [2.05, 4.69) is 4.57 Å². The van der Waals surface area contributed by atoms with Gasteiger partial charge in [0.15, 0.2) is 0 Å². The molecule has 2 aromatic rings. The Morgan fingerprint density at radius 2 is 1.85 bits per heavy atom. The minimum absolute atomic E-state index is 0.201. The molecule has 1 fully saturated rings. The van der Waals surface area contributed by atoms with Crippen molar-refractivity contribution in [1.82, 2.24) is 9.47 Å². The van der Waals surface area contributed by atoms with Crippen LogP contribution in [0.4, 0.5) is 4.79 Å². The molecule has 1 aromatic heterocycles. The highest BCUT2D eigenvalue weighted by Gasteiger charge is 2.28. The third-order valence-corrected chi connectivity index (χ3v) is 4.45. The second-order valence-electron chi connectivity index (χ2n) is 7.56. The van der Waals surface area contributed by atoms with Crippen molar-refractivity contribution < 1.29 is 24.2 Å². The minimum atomic E-state index is -1.86. The number of fused-ring (bicyclic) bond motifs is 1. The van der Waals surface area contributed by atoms with E-state index in [1.54, 1.807) is 11.1 Å². The van der Waals surface area contributed by atoms with E-state index < -0.39 is 12.9 Å². The van der Waals surface area contributed by atoms with E-state index in [1.807, 2.05) is 45.0 Å². The normalized spacial score (nSPS) is 16.0. The van der Waals surface area contributed by atoms with Crippen molar-refractivity contribution in [3.05, 3.63) is 30.5 Å². The van der Waals surface area contributed by atoms with Crippen molar-refractivity contribution in [2.24, 2.45) is 0 Å². The van der Waals surface area contributed by atoms with Gasteiger partial charge in [0.1, 0.15) is 11.4 Å². The Kier molecular flexibility index (Phi) is 5.16. The molecular formula is C18H25BN2O5. The molecule has 0 bridgehead atoms. The number of carbonyl (C=O) groups excluding carboxylic acids is 1. The van der Waals surface area contributed by atoms with Gasteiger partial charge in [0, 0.05) is 30.7 Å². The van der Waals surface area contributed by atoms with Crippen LogP contribution in [0, 0.1) is 0 Å². The first kappa shape index (κ1) is 18.6. The lowest BCUT2D eigenvalue weighted by Gasteiger charge is -2.34. The molecule has 0 spiro atoms. The van der Waals surface area contributed by atoms with Crippen molar-refractivity contribution in [3.8, 4) is 5.75 Å². The summed E-state index contributed by atoms with van der Waals surface area (Å²) in [5.41, 5.74) is 0.473. The maximum Gasteiger partial charge on any atom is 0.707 e. The van der Waals surface area contributed by atoms with Crippen LogP contribution in [0.3, 0.4) is 0 Å². The topological polar surface area (TPSA) is 84.2 Å². The number of aromatic nitrogens is 1. The number of amides is 1. The quantitative estimate of drug-likeness (QED) is 0.822. The average Bonchev–Trinajstić information content (AvgIpc) is 2.92. The fraction of sp³-hybridized carbons (Fsp3) is 0.500. The summed E-state index contributed by atoms with van der Waals surface area (Å²) in [6, 6.07) is 7.89. The molecule has 1 amide bonds. The minimum Gasteiger partial charge on any atom is -0.510 e. The fourth-order valence-corrected chi connectivity index (χ4v) is 3.34. The smallest absolute Gasteiger partial charge is 0.510 e. The van der Waals surface area contributed by atoms with E-state index in [-0.39, 0.29) is 12.1 Å². The number of ether oxygens (including phenoxy) is 1. The van der Waals surface area contributed by atoms with E-state index in [0.717, 1.165) is 23.7 Å². The lowest BCUT2D eigenvalue weighted by Crippen LogP contribution is -2.42. The SMILES string of the molecule is CC(C)(C)OC(=O)N1CCC(n2cc(OB(O)O)c3ccccc32)CC1. The molecule has 0 unspecified atom stereocenters. The van der Waals surface area contributed by atoms with Gasteiger partial charge in [0.25, 0.3) is 0 Å². The lowest BCUT2D eigenvalue weighted by atomic mass is 10.0. The predicted octanol–water partition coefficient (Wildman–Crippen LogP) is 2.56. The van der Waals surface area contributed by atoms with Gasteiger partial charge in [0.2, 0.25) is 0 Å². The number of piperidine rings is 1. The van der Waals surface area contributed by atoms with E-state index in [4.69, 9.17) is 19.4 Å². The Balaban J connectivity index is 1.74. The first-order valence-electron chi connectivity index (χ1n) is 8.85. The van der Waals surface area contributed by atoms with Crippen LogP contribution < -0.4 is 4.65 Å². The number of para-hydroxylation sites is 1. The number of hydrogen-bond donors (Lipinski definition) is 2. The first-order valence-corrected chi connectivity index (χ1v) is 8.85. The first-order chi connectivity index (χ1) is 12.2. The van der Waals surface area contributed by atoms with E-state index in [0.29, 0.717) is 18.8 Å². The second kappa shape index (κ2) is 7.21. The summed E-state index contributed by atoms with van der Waals surface area (Å²) >= 11 is 0. The molecule has 140 valence electrons. The molecule has 1 saturated heterocycles. The van der Waals surface area contributed by atoms with Crippen molar-refractivity contribution in [2.75, 3.05) is 13.1 Å². The Hall–Kier alpha value is -2.19. The Labute approximate surface area is 153 Å². The largest absolute Gasteiger partial charge is 0.707 e. The van der Waals surface area contributed by atoms with Crippen LogP contribution in [0.1, 0.15) is 39.7 Å². The highest BCUT2D eigenvalue weighted by Crippen LogP contribution is 2.34. The molecule has 0 atom stereocenters. The van der Waals surface area contributed by atoms with Crippen LogP contribution in [-0.2, 0) is 4.74 Å². The summed E-state index contributed by atoms with van der Waals surface area (Å²) in [5, 5.41) is 19.1. The number of nitrogens with zero attached hydrogens (tertiary/aromatic N) is 2. The molecular weight excluding hydrogens is 335 g/mol. The molecule has 8 heteroatoms. The van der Waals surface area contributed by atoms with E-state index in [9.17, 15) is 4.79 Å². The number of rotatable bonds is 3. The van der Waals surface area contributed by atoms with Crippen LogP contribution in [0.5, 0.6) is 5.75 Å². The molecule has 3 rings (SSSR count). The third-order valence-electron chi connectivity index (χ3n) is 4.45. The Morgan fingerprint density at radius 1 is 1.19 bits per heavy atom. The molecule has 2 heterocycles. The number of likely N-dealkylation sites (tertiary alicyclic amines) is 1. The van der Waals surface area contributed by atoms with Crippen LogP contribution in [0.2, 0.25) is 0 Å². The van der Waals surface area contributed by atoms with Gasteiger partial charge < -0.3 is 28.9 Å². The highest BCUT2D eigenvalue weighted by molar-refractivity contribution is 6.34. The molecule has 0 saturated carbocycles. The average molecular weight is 360 g/mol. The maximum atomic E-state index is 12.2. The molecule has 2 N–H and O–H groups in total. The standard InChI is InChI=1S/C18H25BN2O5/c1-18(2,3)25-17(22)20-10-8-13(9-11-20)21-12-16(26-19(23)24)14-6-4-5-7-15(14)21/h4-7,12-13,23-24H,8-11H2,1-3H3. The van der Waals surface area contributed by atoms with Crippen molar-refractivity contribution >= 4 is 24.3 Å². The maximum absolute atomic E-state index is 12.2. The van der Waals surface area contributed by atoms with Gasteiger partial charge in [-0.3, -0.25) is 0 Å². The molecule has 7 nitrogen and oxygen atoms in total. The van der Waals surface area contributed by atoms with Gasteiger partial charge >= 0.3 is 13.4 Å². The summed E-state index contributed by atoms with van der Waals surface area (Å²) in [6.45, 7) is 6.82. The highest BCUT2D eigenvalue weighted by atomic mass is 16.6. The van der Waals surface area contributed by atoms with Gasteiger partial charge in [-0.25, -0.2) is 4.79 Å². The van der Waals surface area contributed by atoms with E-state index in [1.165, 1.54) is 0 Å². The van der Waals surface area contributed by atoms with Crippen molar-refractivity contribution in [1.29, 1.82) is 0 Å². The zero-order valence-corrected chi connectivity index (χ0v) is 15.4. The van der Waals surface area contributed by atoms with E-state index >= 15 is 0 Å². The Bertz CT molecular complexity index is 775. The number of carbonyl (C=O) groups is 1. The molecule has 1 aliphatic heterocycles. The van der Waals surface area contributed by atoms with Gasteiger partial charge in [-0.1, -0.05) is 12.1 Å². The van der Waals surface area contributed by atoms with Gasteiger partial charge in [-0.2, -0.15) is 0 Å². The van der Waals surface area contributed by atoms with Crippen molar-refractivity contribution in [3.63, 3.8) is 0 Å². The monoisotopic (exact) mass is 360 g/mol. The van der Waals surface area contributed by atoms with Crippen LogP contribution in [0.15, 0.2) is 30.5 Å². The molecule has 0 radical (unpaired) electrons. The summed E-state index contributed by atoms with van der Waals surface area (Å²) in [4.78, 5) is 14.0. The van der Waals surface area contributed by atoms with Crippen LogP contribution >= 0.6 is 0 Å². The Morgan fingerprint density at radius 3 is 2.46 bits per heavy atom. The summed E-state index contributed by atoms with van der Waals surface area (Å²) in [7, 11) is -1.86. The predicted molar refractivity (Wildman–Crippen MR) is 98.8 cm³/mol. The summed E-state index contributed by atoms with van der Waals surface area (Å²) in [5.74, 6) is 0.435. The summed E-state index contributed by atoms with van der Waals surface area (Å²) in [6.07, 6.45) is 3.11. The molecule has 26 heavy (non-hydrogen) atoms. The lowest BCUT2D eigenvalue weighted by molar-refractivity contribution is 0.0189. The molecule has 1 aromatic carbocycles. The van der Waals surface area contributed by atoms with Crippen LogP contribution in [0.25, 0.3) is 10.9 Å². The fourth-order valence-electron chi connectivity index (χ4n) is 3.34. The number of benzene rings is 1. The zero-order chi connectivity index (χ0) is 18.9.